The van der Waals surface area contributed by atoms with Crippen LogP contribution in [0, 0.1) is 0 Å². The first-order valence-corrected chi connectivity index (χ1v) is 8.86. The van der Waals surface area contributed by atoms with E-state index in [0.717, 1.165) is 16.5 Å². The number of carbonyl (C=O) groups is 1. The van der Waals surface area contributed by atoms with Gasteiger partial charge in [0.15, 0.2) is 0 Å². The van der Waals surface area contributed by atoms with Crippen LogP contribution in [0.1, 0.15) is 18.1 Å². The van der Waals surface area contributed by atoms with Gasteiger partial charge in [-0.3, -0.25) is 0 Å². The third-order valence-corrected chi connectivity index (χ3v) is 4.70. The highest BCUT2D eigenvalue weighted by Crippen LogP contribution is 2.29. The first kappa shape index (κ1) is 17.3. The minimum Gasteiger partial charge on any atom is -0.487 e. The highest BCUT2D eigenvalue weighted by atomic mass is 35.5. The predicted molar refractivity (Wildman–Crippen MR) is 107 cm³/mol. The third-order valence-electron chi connectivity index (χ3n) is 4.41. The van der Waals surface area contributed by atoms with Gasteiger partial charge >= 0.3 is 5.97 Å². The Kier molecular flexibility index (Phi) is 4.65. The van der Waals surface area contributed by atoms with Crippen LogP contribution >= 0.6 is 11.6 Å². The molecule has 1 aliphatic rings. The fraction of sp³-hybridized carbons (Fsp3) is 0.0909. The molecule has 4 nitrogen and oxygen atoms in total. The second kappa shape index (κ2) is 7.25. The van der Waals surface area contributed by atoms with E-state index in [0.29, 0.717) is 28.7 Å². The summed E-state index contributed by atoms with van der Waals surface area (Å²) in [6.45, 7) is 2.14. The Morgan fingerprint density at radius 2 is 1.93 bits per heavy atom. The molecule has 0 radical (unpaired) electrons. The van der Waals surface area contributed by atoms with Gasteiger partial charge in [-0.25, -0.2) is 4.79 Å². The van der Waals surface area contributed by atoms with Crippen molar-refractivity contribution in [3.63, 3.8) is 0 Å². The Balaban J connectivity index is 1.54. The number of halogens is 1. The smallest absolute Gasteiger partial charge is 0.367 e. The fourth-order valence-corrected chi connectivity index (χ4v) is 3.23. The molecule has 5 heteroatoms. The van der Waals surface area contributed by atoms with Crippen LogP contribution in [0.25, 0.3) is 16.8 Å². The van der Waals surface area contributed by atoms with Crippen molar-refractivity contribution in [2.45, 2.75) is 13.5 Å². The molecule has 0 amide bonds. The molecule has 4 rings (SSSR count). The summed E-state index contributed by atoms with van der Waals surface area (Å²) in [5.74, 6) is 0.131. The molecule has 0 aliphatic carbocycles. The maximum atomic E-state index is 11.6. The molecule has 0 aromatic heterocycles. The lowest BCUT2D eigenvalue weighted by atomic mass is 10.1. The van der Waals surface area contributed by atoms with Crippen LogP contribution in [0.15, 0.2) is 71.4 Å². The van der Waals surface area contributed by atoms with Gasteiger partial charge in [0.05, 0.1) is 16.3 Å². The number of ether oxygens (including phenoxy) is 1. The number of benzene rings is 3. The minimum atomic E-state index is -0.458. The maximum Gasteiger partial charge on any atom is 0.367 e. The van der Waals surface area contributed by atoms with E-state index in [1.165, 1.54) is 5.39 Å². The number of hydrogen-bond donors (Lipinski definition) is 0. The van der Waals surface area contributed by atoms with E-state index < -0.39 is 5.97 Å². The van der Waals surface area contributed by atoms with Crippen LogP contribution in [0.3, 0.4) is 0 Å². The molecule has 0 N–H and O–H groups in total. The molecule has 0 bridgehead atoms. The van der Waals surface area contributed by atoms with Gasteiger partial charge in [-0.2, -0.15) is 0 Å². The van der Waals surface area contributed by atoms with Gasteiger partial charge in [0, 0.05) is 0 Å². The highest BCUT2D eigenvalue weighted by Gasteiger charge is 2.21. The summed E-state index contributed by atoms with van der Waals surface area (Å²) >= 11 is 6.37. The van der Waals surface area contributed by atoms with Gasteiger partial charge in [-0.1, -0.05) is 65.3 Å². The predicted octanol–water partition coefficient (Wildman–Crippen LogP) is 5.39. The van der Waals surface area contributed by atoms with Gasteiger partial charge in [-0.05, 0) is 47.0 Å². The SMILES string of the molecule is CC1=NOC(=O)/C1=C/c1ccc(OCc2cccc3ccccc23)c(Cl)c1. The van der Waals surface area contributed by atoms with Crippen molar-refractivity contribution < 1.29 is 14.4 Å². The molecule has 0 fully saturated rings. The number of rotatable bonds is 4. The molecular weight excluding hydrogens is 362 g/mol. The van der Waals surface area contributed by atoms with Crippen LogP contribution in [0.5, 0.6) is 5.75 Å². The monoisotopic (exact) mass is 377 g/mol. The fourth-order valence-electron chi connectivity index (χ4n) is 2.98. The molecule has 1 aliphatic heterocycles. The summed E-state index contributed by atoms with van der Waals surface area (Å²) in [5.41, 5.74) is 2.85. The average Bonchev–Trinajstić information content (AvgIpc) is 2.99. The summed E-state index contributed by atoms with van der Waals surface area (Å²) in [6.07, 6.45) is 1.70. The van der Waals surface area contributed by atoms with Crippen LogP contribution in [-0.4, -0.2) is 11.7 Å². The number of oxime groups is 1. The third kappa shape index (κ3) is 3.57. The number of nitrogens with zero attached hydrogens (tertiary/aromatic N) is 1. The Morgan fingerprint density at radius 1 is 1.11 bits per heavy atom. The van der Waals surface area contributed by atoms with Crippen molar-refractivity contribution >= 4 is 40.1 Å². The average molecular weight is 378 g/mol. The zero-order valence-corrected chi connectivity index (χ0v) is 15.4. The summed E-state index contributed by atoms with van der Waals surface area (Å²) < 4.78 is 5.93. The molecule has 0 atom stereocenters. The van der Waals surface area contributed by atoms with Gasteiger partial charge in [0.1, 0.15) is 12.4 Å². The van der Waals surface area contributed by atoms with Crippen LogP contribution in [0.4, 0.5) is 0 Å². The molecule has 0 spiro atoms. The zero-order valence-electron chi connectivity index (χ0n) is 14.6. The molecule has 0 saturated carbocycles. The number of hydrogen-bond acceptors (Lipinski definition) is 4. The van der Waals surface area contributed by atoms with Crippen LogP contribution in [0.2, 0.25) is 5.02 Å². The maximum absolute atomic E-state index is 11.6. The Labute approximate surface area is 161 Å². The van der Waals surface area contributed by atoms with Crippen molar-refractivity contribution in [2.75, 3.05) is 0 Å². The van der Waals surface area contributed by atoms with E-state index in [9.17, 15) is 4.79 Å². The summed E-state index contributed by atoms with van der Waals surface area (Å²) in [5, 5.41) is 6.47. The first-order chi connectivity index (χ1) is 13.1. The van der Waals surface area contributed by atoms with Crippen molar-refractivity contribution in [1.82, 2.24) is 0 Å². The first-order valence-electron chi connectivity index (χ1n) is 8.49. The summed E-state index contributed by atoms with van der Waals surface area (Å²) in [7, 11) is 0. The minimum absolute atomic E-state index is 0.416. The topological polar surface area (TPSA) is 47.9 Å². The van der Waals surface area contributed by atoms with Gasteiger partial charge in [0.2, 0.25) is 0 Å². The normalized spacial score (nSPS) is 15.1. The van der Waals surface area contributed by atoms with Crippen molar-refractivity contribution in [3.05, 3.63) is 82.4 Å². The van der Waals surface area contributed by atoms with Crippen molar-refractivity contribution in [1.29, 1.82) is 0 Å². The van der Waals surface area contributed by atoms with E-state index in [-0.39, 0.29) is 0 Å². The standard InChI is InChI=1S/C22H16ClNO3/c1-14-19(22(25)27-24-14)11-15-9-10-21(20(23)12-15)26-13-17-7-4-6-16-5-2-3-8-18(16)17/h2-12H,13H2,1H3/b19-11+. The van der Waals surface area contributed by atoms with Crippen molar-refractivity contribution in [2.24, 2.45) is 5.16 Å². The van der Waals surface area contributed by atoms with Gasteiger partial charge in [-0.15, -0.1) is 0 Å². The molecule has 3 aromatic rings. The van der Waals surface area contributed by atoms with E-state index in [1.807, 2.05) is 30.3 Å². The number of carbonyl (C=O) groups excluding carboxylic acids is 1. The molecule has 3 aromatic carbocycles. The molecule has 134 valence electrons. The van der Waals surface area contributed by atoms with E-state index in [1.54, 1.807) is 25.1 Å². The van der Waals surface area contributed by atoms with E-state index >= 15 is 0 Å². The largest absolute Gasteiger partial charge is 0.487 e. The van der Waals surface area contributed by atoms with Gasteiger partial charge < -0.3 is 9.57 Å². The molecule has 1 heterocycles. The molecule has 0 saturated heterocycles. The lowest BCUT2D eigenvalue weighted by molar-refractivity contribution is -0.136. The summed E-state index contributed by atoms with van der Waals surface area (Å²) in [4.78, 5) is 16.3. The zero-order chi connectivity index (χ0) is 18.8. The quantitative estimate of drug-likeness (QED) is 0.452. The van der Waals surface area contributed by atoms with Crippen LogP contribution in [-0.2, 0) is 16.2 Å². The Bertz CT molecular complexity index is 1100. The van der Waals surface area contributed by atoms with Crippen molar-refractivity contribution in [3.8, 4) is 5.75 Å². The van der Waals surface area contributed by atoms with Crippen LogP contribution < -0.4 is 4.74 Å². The lowest BCUT2D eigenvalue weighted by Gasteiger charge is -2.11. The Morgan fingerprint density at radius 3 is 2.70 bits per heavy atom. The Hall–Kier alpha value is -3.11. The second-order valence-electron chi connectivity index (χ2n) is 6.23. The lowest BCUT2D eigenvalue weighted by Crippen LogP contribution is -2.01. The van der Waals surface area contributed by atoms with E-state index in [4.69, 9.17) is 16.3 Å². The number of fused-ring (bicyclic) bond motifs is 1. The molecule has 0 unspecified atom stereocenters. The van der Waals surface area contributed by atoms with E-state index in [2.05, 4.69) is 28.2 Å². The summed E-state index contributed by atoms with van der Waals surface area (Å²) in [6, 6.07) is 19.7. The van der Waals surface area contributed by atoms with Gasteiger partial charge in [0.25, 0.3) is 0 Å². The second-order valence-corrected chi connectivity index (χ2v) is 6.64. The molecular formula is C22H16ClNO3. The highest BCUT2D eigenvalue weighted by molar-refractivity contribution is 6.32. The molecule has 27 heavy (non-hydrogen) atoms.